The van der Waals surface area contributed by atoms with Crippen molar-refractivity contribution >= 4 is 17.2 Å². The fourth-order valence-corrected chi connectivity index (χ4v) is 1.06. The van der Waals surface area contributed by atoms with Crippen LogP contribution in [0.5, 0.6) is 0 Å². The highest BCUT2D eigenvalue weighted by atomic mass is 15.1. The van der Waals surface area contributed by atoms with Gasteiger partial charge in [-0.05, 0) is 25.1 Å². The van der Waals surface area contributed by atoms with Crippen molar-refractivity contribution in [1.29, 1.82) is 5.41 Å². The molecule has 1 aromatic rings. The van der Waals surface area contributed by atoms with Gasteiger partial charge in [-0.15, -0.1) is 0 Å². The van der Waals surface area contributed by atoms with Crippen molar-refractivity contribution in [2.24, 2.45) is 0 Å². The summed E-state index contributed by atoms with van der Waals surface area (Å²) >= 11 is 0. The molecule has 0 spiro atoms. The first-order chi connectivity index (χ1) is 6.15. The number of nitrogens with zero attached hydrogens (tertiary/aromatic N) is 1. The van der Waals surface area contributed by atoms with E-state index in [1.807, 2.05) is 43.3 Å². The lowest BCUT2D eigenvalue weighted by atomic mass is 10.2. The van der Waals surface area contributed by atoms with Crippen molar-refractivity contribution in [1.82, 2.24) is 0 Å². The van der Waals surface area contributed by atoms with Gasteiger partial charge in [-0.25, -0.2) is 0 Å². The lowest BCUT2D eigenvalue weighted by molar-refractivity contribution is 1.21. The minimum absolute atomic E-state index is 0.535. The maximum atomic E-state index is 7.47. The number of anilines is 2. The summed E-state index contributed by atoms with van der Waals surface area (Å²) in [5.74, 6) is 0.535. The molecule has 1 aromatic carbocycles. The zero-order valence-electron chi connectivity index (χ0n) is 8.26. The number of hydrogen-bond acceptors (Lipinski definition) is 2. The summed E-state index contributed by atoms with van der Waals surface area (Å²) in [7, 11) is 3.77. The Bertz CT molecular complexity index is 307. The monoisotopic (exact) mass is 177 g/mol. The molecule has 0 aromatic heterocycles. The lowest BCUT2D eigenvalue weighted by Crippen LogP contribution is -2.22. The molecular weight excluding hydrogens is 162 g/mol. The van der Waals surface area contributed by atoms with Crippen molar-refractivity contribution in [2.45, 2.75) is 6.92 Å². The first-order valence-corrected chi connectivity index (χ1v) is 4.22. The maximum absolute atomic E-state index is 7.47. The summed E-state index contributed by atoms with van der Waals surface area (Å²) in [5.41, 5.74) is 2.09. The highest BCUT2D eigenvalue weighted by Crippen LogP contribution is 2.17. The minimum atomic E-state index is 0.535. The van der Waals surface area contributed by atoms with Gasteiger partial charge in [-0.3, -0.25) is 5.41 Å². The van der Waals surface area contributed by atoms with Crippen LogP contribution in [0.15, 0.2) is 24.3 Å². The molecular formula is C10H15N3. The van der Waals surface area contributed by atoms with Gasteiger partial charge < -0.3 is 10.2 Å². The van der Waals surface area contributed by atoms with E-state index in [-0.39, 0.29) is 0 Å². The Labute approximate surface area is 78.9 Å². The Morgan fingerprint density at radius 3 is 2.69 bits per heavy atom. The van der Waals surface area contributed by atoms with E-state index in [1.165, 1.54) is 0 Å². The van der Waals surface area contributed by atoms with Gasteiger partial charge in [0.1, 0.15) is 0 Å². The van der Waals surface area contributed by atoms with E-state index in [2.05, 4.69) is 5.32 Å². The van der Waals surface area contributed by atoms with Gasteiger partial charge in [-0.2, -0.15) is 0 Å². The molecule has 0 heterocycles. The molecule has 70 valence electrons. The molecule has 3 heteroatoms. The first-order valence-electron chi connectivity index (χ1n) is 4.22. The average Bonchev–Trinajstić information content (AvgIpc) is 2.16. The molecule has 0 bridgehead atoms. The van der Waals surface area contributed by atoms with E-state index in [9.17, 15) is 0 Å². The second kappa shape index (κ2) is 3.94. The highest BCUT2D eigenvalue weighted by Gasteiger charge is 2.01. The number of benzene rings is 1. The second-order valence-corrected chi connectivity index (χ2v) is 2.94. The smallest absolute Gasteiger partial charge is 0.0968 e. The predicted octanol–water partition coefficient (Wildman–Crippen LogP) is 2.16. The van der Waals surface area contributed by atoms with Crippen LogP contribution in [0.1, 0.15) is 6.92 Å². The Morgan fingerprint density at radius 1 is 1.46 bits per heavy atom. The van der Waals surface area contributed by atoms with Crippen molar-refractivity contribution in [3.05, 3.63) is 24.3 Å². The third kappa shape index (κ3) is 2.21. The summed E-state index contributed by atoms with van der Waals surface area (Å²) in [6.45, 7) is 1.77. The maximum Gasteiger partial charge on any atom is 0.0968 e. The number of rotatable bonds is 2. The van der Waals surface area contributed by atoms with Crippen LogP contribution >= 0.6 is 0 Å². The molecule has 0 saturated carbocycles. The molecule has 0 fully saturated rings. The Balaban J connectivity index is 2.94. The molecule has 0 aliphatic heterocycles. The Kier molecular flexibility index (Phi) is 2.90. The molecule has 2 N–H and O–H groups in total. The zero-order valence-corrected chi connectivity index (χ0v) is 8.26. The molecule has 0 saturated heterocycles. The van der Waals surface area contributed by atoms with Crippen LogP contribution in [-0.2, 0) is 0 Å². The van der Waals surface area contributed by atoms with Crippen LogP contribution in [0.25, 0.3) is 0 Å². The predicted molar refractivity (Wildman–Crippen MR) is 57.8 cm³/mol. The van der Waals surface area contributed by atoms with E-state index in [0.717, 1.165) is 11.4 Å². The lowest BCUT2D eigenvalue weighted by Gasteiger charge is -2.17. The Morgan fingerprint density at radius 2 is 2.15 bits per heavy atom. The molecule has 13 heavy (non-hydrogen) atoms. The fourth-order valence-electron chi connectivity index (χ4n) is 1.06. The van der Waals surface area contributed by atoms with Gasteiger partial charge in [0.25, 0.3) is 0 Å². The quantitative estimate of drug-likeness (QED) is 0.536. The molecule has 1 rings (SSSR count). The van der Waals surface area contributed by atoms with E-state index < -0.39 is 0 Å². The second-order valence-electron chi connectivity index (χ2n) is 2.94. The molecule has 0 aliphatic rings. The van der Waals surface area contributed by atoms with E-state index >= 15 is 0 Å². The van der Waals surface area contributed by atoms with Gasteiger partial charge in [0.15, 0.2) is 0 Å². The van der Waals surface area contributed by atoms with Gasteiger partial charge >= 0.3 is 0 Å². The fraction of sp³-hybridized carbons (Fsp3) is 0.300. The van der Waals surface area contributed by atoms with E-state index in [0.29, 0.717) is 5.84 Å². The van der Waals surface area contributed by atoms with Crippen molar-refractivity contribution < 1.29 is 0 Å². The number of hydrogen-bond donors (Lipinski definition) is 2. The summed E-state index contributed by atoms with van der Waals surface area (Å²) in [5, 5.41) is 10.5. The van der Waals surface area contributed by atoms with Gasteiger partial charge in [0.05, 0.1) is 5.84 Å². The number of amidine groups is 1. The standard InChI is InChI=1S/C10H15N3/c1-8(11)13(3)10-6-4-5-9(7-10)12-2/h4-7,11-12H,1-3H3. The third-order valence-electron chi connectivity index (χ3n) is 2.03. The molecule has 3 nitrogen and oxygen atoms in total. The summed E-state index contributed by atoms with van der Waals surface area (Å²) in [6, 6.07) is 7.97. The first kappa shape index (κ1) is 9.58. The third-order valence-corrected chi connectivity index (χ3v) is 2.03. The van der Waals surface area contributed by atoms with Gasteiger partial charge in [0, 0.05) is 25.5 Å². The minimum Gasteiger partial charge on any atom is -0.388 e. The SMILES string of the molecule is CNc1cccc(N(C)C(C)=N)c1. The molecule has 0 amide bonds. The molecule has 0 unspecified atom stereocenters. The Hall–Kier alpha value is -1.51. The van der Waals surface area contributed by atoms with Crippen LogP contribution in [0.4, 0.5) is 11.4 Å². The zero-order chi connectivity index (χ0) is 9.84. The molecule has 0 atom stereocenters. The van der Waals surface area contributed by atoms with Crippen LogP contribution in [0.3, 0.4) is 0 Å². The molecule has 0 radical (unpaired) electrons. The van der Waals surface area contributed by atoms with Crippen LogP contribution in [0.2, 0.25) is 0 Å². The largest absolute Gasteiger partial charge is 0.388 e. The van der Waals surface area contributed by atoms with E-state index in [1.54, 1.807) is 6.92 Å². The highest BCUT2D eigenvalue weighted by molar-refractivity contribution is 5.93. The van der Waals surface area contributed by atoms with Crippen molar-refractivity contribution in [2.75, 3.05) is 24.3 Å². The number of nitrogens with one attached hydrogen (secondary N) is 2. The van der Waals surface area contributed by atoms with Crippen LogP contribution in [-0.4, -0.2) is 19.9 Å². The van der Waals surface area contributed by atoms with Gasteiger partial charge in [-0.1, -0.05) is 6.07 Å². The molecule has 0 aliphatic carbocycles. The van der Waals surface area contributed by atoms with Crippen molar-refractivity contribution in [3.63, 3.8) is 0 Å². The van der Waals surface area contributed by atoms with Crippen LogP contribution in [0, 0.1) is 5.41 Å². The van der Waals surface area contributed by atoms with E-state index in [4.69, 9.17) is 5.41 Å². The van der Waals surface area contributed by atoms with Crippen LogP contribution < -0.4 is 10.2 Å². The summed E-state index contributed by atoms with van der Waals surface area (Å²) in [4.78, 5) is 1.83. The van der Waals surface area contributed by atoms with Gasteiger partial charge in [0.2, 0.25) is 0 Å². The van der Waals surface area contributed by atoms with Crippen molar-refractivity contribution in [3.8, 4) is 0 Å². The normalized spacial score (nSPS) is 9.46. The summed E-state index contributed by atoms with van der Waals surface area (Å²) < 4.78 is 0. The average molecular weight is 177 g/mol. The topological polar surface area (TPSA) is 39.1 Å². The summed E-state index contributed by atoms with van der Waals surface area (Å²) in [6.07, 6.45) is 0.